The van der Waals surface area contributed by atoms with Gasteiger partial charge in [-0.3, -0.25) is 4.79 Å². The standard InChI is InChI=1S/C17H17NO3/c1-10-8-12(11-6-4-3-5-7-11)17(2)13(9-10)14(15(18)19)16(20)21-17/h3-7,9,12H,8H2,1-2H3,(H2,18,19)/t12-,17-/m0/s1. The van der Waals surface area contributed by atoms with Crippen LogP contribution in [0, 0.1) is 0 Å². The van der Waals surface area contributed by atoms with E-state index in [1.54, 1.807) is 0 Å². The van der Waals surface area contributed by atoms with Crippen LogP contribution in [0.2, 0.25) is 0 Å². The molecule has 4 heteroatoms. The van der Waals surface area contributed by atoms with Crippen molar-refractivity contribution >= 4 is 11.9 Å². The maximum Gasteiger partial charge on any atom is 0.345 e. The fourth-order valence-electron chi connectivity index (χ4n) is 3.31. The first-order valence-corrected chi connectivity index (χ1v) is 6.93. The van der Waals surface area contributed by atoms with Crippen LogP contribution < -0.4 is 5.73 Å². The van der Waals surface area contributed by atoms with Crippen molar-refractivity contribution in [2.75, 3.05) is 0 Å². The number of carbonyl (C=O) groups is 2. The Morgan fingerprint density at radius 1 is 1.33 bits per heavy atom. The minimum Gasteiger partial charge on any atom is -0.450 e. The highest BCUT2D eigenvalue weighted by Crippen LogP contribution is 2.50. The number of fused-ring (bicyclic) bond motifs is 1. The normalized spacial score (nSPS) is 28.0. The molecule has 1 heterocycles. The lowest BCUT2D eigenvalue weighted by Gasteiger charge is -2.38. The average molecular weight is 283 g/mol. The van der Waals surface area contributed by atoms with Crippen LogP contribution in [0.4, 0.5) is 0 Å². The monoisotopic (exact) mass is 283 g/mol. The van der Waals surface area contributed by atoms with Crippen LogP contribution in [0.15, 0.2) is 53.1 Å². The van der Waals surface area contributed by atoms with Crippen LogP contribution in [0.5, 0.6) is 0 Å². The van der Waals surface area contributed by atoms with E-state index >= 15 is 0 Å². The van der Waals surface area contributed by atoms with Crippen LogP contribution in [-0.4, -0.2) is 17.5 Å². The van der Waals surface area contributed by atoms with Crippen LogP contribution in [0.25, 0.3) is 0 Å². The maximum absolute atomic E-state index is 12.1. The number of allylic oxidation sites excluding steroid dienone is 1. The highest BCUT2D eigenvalue weighted by molar-refractivity contribution is 6.18. The zero-order chi connectivity index (χ0) is 15.2. The summed E-state index contributed by atoms with van der Waals surface area (Å²) in [6.45, 7) is 3.85. The fourth-order valence-corrected chi connectivity index (χ4v) is 3.31. The molecule has 0 radical (unpaired) electrons. The fraction of sp³-hybridized carbons (Fsp3) is 0.294. The van der Waals surface area contributed by atoms with Gasteiger partial charge in [-0.2, -0.15) is 0 Å². The van der Waals surface area contributed by atoms with Gasteiger partial charge in [-0.05, 0) is 25.8 Å². The molecule has 1 aromatic rings. The second-order valence-corrected chi connectivity index (χ2v) is 5.81. The van der Waals surface area contributed by atoms with Crippen molar-refractivity contribution in [1.29, 1.82) is 0 Å². The molecule has 2 N–H and O–H groups in total. The molecule has 21 heavy (non-hydrogen) atoms. The van der Waals surface area contributed by atoms with E-state index in [9.17, 15) is 9.59 Å². The molecular formula is C17H17NO3. The first-order chi connectivity index (χ1) is 9.93. The summed E-state index contributed by atoms with van der Waals surface area (Å²) in [5.41, 5.74) is 7.31. The van der Waals surface area contributed by atoms with Crippen LogP contribution >= 0.6 is 0 Å². The number of amides is 1. The molecule has 0 fully saturated rings. The molecular weight excluding hydrogens is 266 g/mol. The summed E-state index contributed by atoms with van der Waals surface area (Å²) in [6, 6.07) is 9.90. The Bertz CT molecular complexity index is 687. The Hall–Kier alpha value is -2.36. The van der Waals surface area contributed by atoms with Crippen LogP contribution in [0.3, 0.4) is 0 Å². The molecule has 3 rings (SSSR count). The van der Waals surface area contributed by atoms with Gasteiger partial charge in [0.15, 0.2) is 0 Å². The van der Waals surface area contributed by atoms with E-state index in [-0.39, 0.29) is 11.5 Å². The van der Waals surface area contributed by atoms with Gasteiger partial charge < -0.3 is 10.5 Å². The van der Waals surface area contributed by atoms with Crippen LogP contribution in [-0.2, 0) is 14.3 Å². The third kappa shape index (κ3) is 1.98. The quantitative estimate of drug-likeness (QED) is 0.668. The van der Waals surface area contributed by atoms with E-state index in [4.69, 9.17) is 10.5 Å². The smallest absolute Gasteiger partial charge is 0.345 e. The molecule has 0 unspecified atom stereocenters. The number of ether oxygens (including phenoxy) is 1. The maximum atomic E-state index is 12.1. The second kappa shape index (κ2) is 4.58. The molecule has 2 aliphatic rings. The number of hydrogen-bond acceptors (Lipinski definition) is 3. The third-order valence-corrected chi connectivity index (χ3v) is 4.34. The largest absolute Gasteiger partial charge is 0.450 e. The molecule has 2 atom stereocenters. The zero-order valence-corrected chi connectivity index (χ0v) is 12.1. The van der Waals surface area contributed by atoms with Crippen LogP contribution in [0.1, 0.15) is 31.7 Å². The number of hydrogen-bond donors (Lipinski definition) is 1. The van der Waals surface area contributed by atoms with Crippen molar-refractivity contribution < 1.29 is 14.3 Å². The van der Waals surface area contributed by atoms with E-state index in [1.165, 1.54) is 0 Å². The topological polar surface area (TPSA) is 69.4 Å². The molecule has 0 aromatic heterocycles. The number of esters is 1. The Morgan fingerprint density at radius 2 is 2.00 bits per heavy atom. The first-order valence-electron chi connectivity index (χ1n) is 6.93. The van der Waals surface area contributed by atoms with Crippen molar-refractivity contribution in [2.45, 2.75) is 31.8 Å². The summed E-state index contributed by atoms with van der Waals surface area (Å²) < 4.78 is 5.58. The minimum absolute atomic E-state index is 0.0144. The molecule has 1 aliphatic heterocycles. The Balaban J connectivity index is 2.19. The van der Waals surface area contributed by atoms with Crippen molar-refractivity contribution in [3.05, 3.63) is 58.7 Å². The van der Waals surface area contributed by atoms with Crippen molar-refractivity contribution in [2.24, 2.45) is 5.73 Å². The van der Waals surface area contributed by atoms with Crippen molar-refractivity contribution in [1.82, 2.24) is 0 Å². The summed E-state index contributed by atoms with van der Waals surface area (Å²) in [5, 5.41) is 0. The summed E-state index contributed by atoms with van der Waals surface area (Å²) in [7, 11) is 0. The number of benzene rings is 1. The molecule has 1 aliphatic carbocycles. The molecule has 108 valence electrons. The summed E-state index contributed by atoms with van der Waals surface area (Å²) in [4.78, 5) is 23.7. The van der Waals surface area contributed by atoms with Gasteiger partial charge >= 0.3 is 5.97 Å². The van der Waals surface area contributed by atoms with Gasteiger partial charge in [0.05, 0.1) is 0 Å². The van der Waals surface area contributed by atoms with Crippen molar-refractivity contribution in [3.63, 3.8) is 0 Å². The first kappa shape index (κ1) is 13.6. The lowest BCUT2D eigenvalue weighted by molar-refractivity contribution is -0.148. The number of nitrogens with two attached hydrogens (primary N) is 1. The highest BCUT2D eigenvalue weighted by Gasteiger charge is 2.52. The molecule has 1 amide bonds. The molecule has 0 bridgehead atoms. The number of carbonyl (C=O) groups excluding carboxylic acids is 2. The van der Waals surface area contributed by atoms with Gasteiger partial charge in [0.25, 0.3) is 5.91 Å². The predicted octanol–water partition coefficient (Wildman–Crippen LogP) is 2.22. The van der Waals surface area contributed by atoms with E-state index < -0.39 is 17.5 Å². The zero-order valence-electron chi connectivity index (χ0n) is 12.1. The predicted molar refractivity (Wildman–Crippen MR) is 78.3 cm³/mol. The molecule has 0 saturated heterocycles. The SMILES string of the molecule is CC1=CC2=C(C(N)=O)C(=O)O[C@@]2(C)[C@H](c2ccccc2)C1. The van der Waals surface area contributed by atoms with Gasteiger partial charge in [0.1, 0.15) is 11.2 Å². The molecule has 0 saturated carbocycles. The van der Waals surface area contributed by atoms with E-state index in [1.807, 2.05) is 50.3 Å². The lowest BCUT2D eigenvalue weighted by atomic mass is 9.70. The van der Waals surface area contributed by atoms with E-state index in [0.29, 0.717) is 5.57 Å². The summed E-state index contributed by atoms with van der Waals surface area (Å²) in [5.74, 6) is -1.36. The van der Waals surface area contributed by atoms with Gasteiger partial charge in [-0.25, -0.2) is 4.79 Å². The number of primary amides is 1. The third-order valence-electron chi connectivity index (χ3n) is 4.34. The molecule has 4 nitrogen and oxygen atoms in total. The van der Waals surface area contributed by atoms with E-state index in [0.717, 1.165) is 17.6 Å². The van der Waals surface area contributed by atoms with Gasteiger partial charge in [0, 0.05) is 11.5 Å². The number of rotatable bonds is 2. The Morgan fingerprint density at radius 3 is 2.62 bits per heavy atom. The van der Waals surface area contributed by atoms with Crippen molar-refractivity contribution in [3.8, 4) is 0 Å². The minimum atomic E-state index is -0.831. The molecule has 1 aromatic carbocycles. The Kier molecular flexibility index (Phi) is 2.97. The highest BCUT2D eigenvalue weighted by atomic mass is 16.6. The Labute approximate surface area is 123 Å². The van der Waals surface area contributed by atoms with E-state index in [2.05, 4.69) is 0 Å². The second-order valence-electron chi connectivity index (χ2n) is 5.81. The van der Waals surface area contributed by atoms with Gasteiger partial charge in [0.2, 0.25) is 0 Å². The molecule has 0 spiro atoms. The average Bonchev–Trinajstić information content (AvgIpc) is 2.69. The summed E-state index contributed by atoms with van der Waals surface area (Å²) in [6.07, 6.45) is 2.65. The lowest BCUT2D eigenvalue weighted by Crippen LogP contribution is -2.38. The van der Waals surface area contributed by atoms with Gasteiger partial charge in [-0.15, -0.1) is 0 Å². The summed E-state index contributed by atoms with van der Waals surface area (Å²) >= 11 is 0. The van der Waals surface area contributed by atoms with Gasteiger partial charge in [-0.1, -0.05) is 42.0 Å².